The van der Waals surface area contributed by atoms with E-state index < -0.39 is 0 Å². The molecule has 0 radical (unpaired) electrons. The fourth-order valence-electron chi connectivity index (χ4n) is 2.48. The number of hydrogen-bond acceptors (Lipinski definition) is 2. The van der Waals surface area contributed by atoms with Crippen LogP contribution in [0, 0.1) is 6.92 Å². The van der Waals surface area contributed by atoms with Crippen molar-refractivity contribution in [2.45, 2.75) is 39.2 Å². The lowest BCUT2D eigenvalue weighted by molar-refractivity contribution is -0.131. The Hall–Kier alpha value is -0.870. The molecule has 1 aromatic rings. The fraction of sp³-hybridized carbons (Fsp3) is 0.562. The molecule has 4 heteroatoms. The van der Waals surface area contributed by atoms with Crippen LogP contribution in [0.25, 0.3) is 0 Å². The Morgan fingerprint density at radius 3 is 2.75 bits per heavy atom. The van der Waals surface area contributed by atoms with Crippen molar-refractivity contribution < 1.29 is 4.79 Å². The van der Waals surface area contributed by atoms with Gasteiger partial charge in [-0.05, 0) is 43.4 Å². The zero-order chi connectivity index (χ0) is 14.4. The standard InChI is InChI=1S/C16H23BrN2O/c1-13-5-6-14(11-15(13)17)12-18-8-7-16(20)19-9-3-2-4-10-19/h5-6,11,18H,2-4,7-10,12H2,1H3. The average molecular weight is 339 g/mol. The average Bonchev–Trinajstić information content (AvgIpc) is 2.48. The summed E-state index contributed by atoms with van der Waals surface area (Å²) in [5.74, 6) is 0.294. The van der Waals surface area contributed by atoms with Gasteiger partial charge in [0.25, 0.3) is 0 Å². The Morgan fingerprint density at radius 1 is 1.30 bits per heavy atom. The summed E-state index contributed by atoms with van der Waals surface area (Å²) >= 11 is 3.54. The normalized spacial score (nSPS) is 15.4. The second-order valence-electron chi connectivity index (χ2n) is 5.45. The van der Waals surface area contributed by atoms with Crippen LogP contribution in [-0.2, 0) is 11.3 Å². The van der Waals surface area contributed by atoms with Crippen LogP contribution in [-0.4, -0.2) is 30.4 Å². The van der Waals surface area contributed by atoms with Gasteiger partial charge in [-0.3, -0.25) is 4.79 Å². The molecule has 1 aliphatic rings. The summed E-state index contributed by atoms with van der Waals surface area (Å²) in [7, 11) is 0. The first-order chi connectivity index (χ1) is 9.66. The van der Waals surface area contributed by atoms with Gasteiger partial charge < -0.3 is 10.2 Å². The van der Waals surface area contributed by atoms with Gasteiger partial charge in [0, 0.05) is 37.1 Å². The number of aryl methyl sites for hydroxylation is 1. The van der Waals surface area contributed by atoms with Gasteiger partial charge in [0.05, 0.1) is 0 Å². The van der Waals surface area contributed by atoms with Crippen molar-refractivity contribution >= 4 is 21.8 Å². The summed E-state index contributed by atoms with van der Waals surface area (Å²) in [6, 6.07) is 6.37. The quantitative estimate of drug-likeness (QED) is 0.836. The highest BCUT2D eigenvalue weighted by molar-refractivity contribution is 9.10. The van der Waals surface area contributed by atoms with E-state index in [2.05, 4.69) is 46.4 Å². The first kappa shape index (κ1) is 15.5. The molecule has 0 saturated carbocycles. The summed E-state index contributed by atoms with van der Waals surface area (Å²) in [6.07, 6.45) is 4.20. The Kier molecular flexibility index (Phi) is 6.05. The van der Waals surface area contributed by atoms with E-state index >= 15 is 0 Å². The maximum Gasteiger partial charge on any atom is 0.223 e. The van der Waals surface area contributed by atoms with E-state index in [-0.39, 0.29) is 0 Å². The Balaban J connectivity index is 1.68. The van der Waals surface area contributed by atoms with Crippen LogP contribution in [0.5, 0.6) is 0 Å². The molecule has 20 heavy (non-hydrogen) atoms. The van der Waals surface area contributed by atoms with Crippen molar-refractivity contribution in [3.8, 4) is 0 Å². The molecule has 0 unspecified atom stereocenters. The fourth-order valence-corrected chi connectivity index (χ4v) is 2.90. The molecule has 1 N–H and O–H groups in total. The lowest BCUT2D eigenvalue weighted by Gasteiger charge is -2.26. The van der Waals surface area contributed by atoms with Crippen LogP contribution in [0.2, 0.25) is 0 Å². The Bertz CT molecular complexity index is 456. The molecule has 0 bridgehead atoms. The smallest absolute Gasteiger partial charge is 0.223 e. The lowest BCUT2D eigenvalue weighted by Crippen LogP contribution is -2.37. The molecule has 1 fully saturated rings. The summed E-state index contributed by atoms with van der Waals surface area (Å²) < 4.78 is 1.14. The molecule has 1 saturated heterocycles. The molecular formula is C16H23BrN2O. The Morgan fingerprint density at radius 2 is 2.05 bits per heavy atom. The largest absolute Gasteiger partial charge is 0.343 e. The molecule has 1 heterocycles. The monoisotopic (exact) mass is 338 g/mol. The molecule has 0 spiro atoms. The van der Waals surface area contributed by atoms with E-state index in [1.165, 1.54) is 17.5 Å². The SMILES string of the molecule is Cc1ccc(CNCCC(=O)N2CCCCC2)cc1Br. The zero-order valence-corrected chi connectivity index (χ0v) is 13.7. The molecule has 1 amide bonds. The third-order valence-corrected chi connectivity index (χ3v) is 4.64. The van der Waals surface area contributed by atoms with Gasteiger partial charge in [-0.2, -0.15) is 0 Å². The summed E-state index contributed by atoms with van der Waals surface area (Å²) in [5.41, 5.74) is 2.49. The molecular weight excluding hydrogens is 316 g/mol. The minimum atomic E-state index is 0.294. The molecule has 1 aromatic carbocycles. The van der Waals surface area contributed by atoms with Crippen molar-refractivity contribution in [1.29, 1.82) is 0 Å². The zero-order valence-electron chi connectivity index (χ0n) is 12.1. The number of rotatable bonds is 5. The van der Waals surface area contributed by atoms with Gasteiger partial charge in [0.2, 0.25) is 5.91 Å². The van der Waals surface area contributed by atoms with E-state index in [4.69, 9.17) is 0 Å². The van der Waals surface area contributed by atoms with Crippen LogP contribution in [0.4, 0.5) is 0 Å². The lowest BCUT2D eigenvalue weighted by atomic mass is 10.1. The van der Waals surface area contributed by atoms with Crippen LogP contribution in [0.3, 0.4) is 0 Å². The minimum absolute atomic E-state index is 0.294. The molecule has 1 aliphatic heterocycles. The van der Waals surface area contributed by atoms with Crippen molar-refractivity contribution in [2.75, 3.05) is 19.6 Å². The van der Waals surface area contributed by atoms with Crippen molar-refractivity contribution in [1.82, 2.24) is 10.2 Å². The van der Waals surface area contributed by atoms with E-state index in [0.29, 0.717) is 12.3 Å². The number of halogens is 1. The minimum Gasteiger partial charge on any atom is -0.343 e. The predicted octanol–water partition coefficient (Wildman–Crippen LogP) is 3.25. The number of nitrogens with one attached hydrogen (secondary N) is 1. The maximum absolute atomic E-state index is 12.0. The number of carbonyl (C=O) groups is 1. The molecule has 0 aliphatic carbocycles. The maximum atomic E-state index is 12.0. The third kappa shape index (κ3) is 4.60. The van der Waals surface area contributed by atoms with E-state index in [9.17, 15) is 4.79 Å². The molecule has 0 atom stereocenters. The van der Waals surface area contributed by atoms with Gasteiger partial charge in [-0.15, -0.1) is 0 Å². The highest BCUT2D eigenvalue weighted by atomic mass is 79.9. The van der Waals surface area contributed by atoms with Crippen molar-refractivity contribution in [3.63, 3.8) is 0 Å². The van der Waals surface area contributed by atoms with Gasteiger partial charge in [-0.1, -0.05) is 28.1 Å². The van der Waals surface area contributed by atoms with Crippen LogP contribution < -0.4 is 5.32 Å². The first-order valence-electron chi connectivity index (χ1n) is 7.40. The number of nitrogens with zero attached hydrogens (tertiary/aromatic N) is 1. The van der Waals surface area contributed by atoms with Crippen LogP contribution in [0.15, 0.2) is 22.7 Å². The Labute approximate surface area is 129 Å². The highest BCUT2D eigenvalue weighted by Crippen LogP contribution is 2.17. The number of amides is 1. The topological polar surface area (TPSA) is 32.3 Å². The molecule has 2 rings (SSSR count). The van der Waals surface area contributed by atoms with E-state index in [0.717, 1.165) is 43.5 Å². The van der Waals surface area contributed by atoms with Gasteiger partial charge in [0.15, 0.2) is 0 Å². The molecule has 3 nitrogen and oxygen atoms in total. The predicted molar refractivity (Wildman–Crippen MR) is 85.6 cm³/mol. The van der Waals surface area contributed by atoms with Gasteiger partial charge >= 0.3 is 0 Å². The summed E-state index contributed by atoms with van der Waals surface area (Å²) in [4.78, 5) is 14.0. The third-order valence-electron chi connectivity index (χ3n) is 3.79. The number of hydrogen-bond donors (Lipinski definition) is 1. The van der Waals surface area contributed by atoms with Gasteiger partial charge in [-0.25, -0.2) is 0 Å². The number of likely N-dealkylation sites (tertiary alicyclic amines) is 1. The van der Waals surface area contributed by atoms with Crippen molar-refractivity contribution in [3.05, 3.63) is 33.8 Å². The van der Waals surface area contributed by atoms with Crippen LogP contribution >= 0.6 is 15.9 Å². The second-order valence-corrected chi connectivity index (χ2v) is 6.31. The summed E-state index contributed by atoms with van der Waals surface area (Å²) in [5, 5.41) is 3.35. The summed E-state index contributed by atoms with van der Waals surface area (Å²) in [6.45, 7) is 5.54. The van der Waals surface area contributed by atoms with E-state index in [1.54, 1.807) is 0 Å². The van der Waals surface area contributed by atoms with Gasteiger partial charge in [0.1, 0.15) is 0 Å². The second kappa shape index (κ2) is 7.79. The first-order valence-corrected chi connectivity index (χ1v) is 8.19. The van der Waals surface area contributed by atoms with Crippen LogP contribution in [0.1, 0.15) is 36.8 Å². The highest BCUT2D eigenvalue weighted by Gasteiger charge is 2.15. The number of carbonyl (C=O) groups excluding carboxylic acids is 1. The molecule has 110 valence electrons. The molecule has 0 aromatic heterocycles. The van der Waals surface area contributed by atoms with Crippen molar-refractivity contribution in [2.24, 2.45) is 0 Å². The van der Waals surface area contributed by atoms with E-state index in [1.807, 2.05) is 4.90 Å². The number of piperidine rings is 1. The number of benzene rings is 1.